The summed E-state index contributed by atoms with van der Waals surface area (Å²) in [5.41, 5.74) is 1.35. The second kappa shape index (κ2) is 8.22. The van der Waals surface area contributed by atoms with Crippen molar-refractivity contribution in [3.63, 3.8) is 0 Å². The van der Waals surface area contributed by atoms with Gasteiger partial charge in [-0.05, 0) is 42.9 Å². The van der Waals surface area contributed by atoms with Gasteiger partial charge in [-0.2, -0.15) is 8.42 Å². The number of para-hydroxylation sites is 1. The molecular weight excluding hydrogens is 398 g/mol. The van der Waals surface area contributed by atoms with E-state index in [0.717, 1.165) is 31.2 Å². The van der Waals surface area contributed by atoms with Crippen LogP contribution in [0.5, 0.6) is 0 Å². The van der Waals surface area contributed by atoms with Gasteiger partial charge in [0.25, 0.3) is 10.0 Å². The van der Waals surface area contributed by atoms with Gasteiger partial charge in [0.1, 0.15) is 10.7 Å². The van der Waals surface area contributed by atoms with Gasteiger partial charge in [-0.1, -0.05) is 55.3 Å². The average molecular weight is 426 g/mol. The second-order valence-electron chi connectivity index (χ2n) is 8.39. The molecule has 0 unspecified atom stereocenters. The maximum atomic E-state index is 12.9. The lowest BCUT2D eigenvalue weighted by atomic mass is 9.78. The van der Waals surface area contributed by atoms with Gasteiger partial charge in [0.2, 0.25) is 5.91 Å². The van der Waals surface area contributed by atoms with Gasteiger partial charge < -0.3 is 10.6 Å². The first-order chi connectivity index (χ1) is 14.4. The number of amidine groups is 1. The summed E-state index contributed by atoms with van der Waals surface area (Å²) in [6.45, 7) is 1.98. The lowest BCUT2D eigenvalue weighted by molar-refractivity contribution is -0.124. The molecule has 2 aromatic rings. The first-order valence-electron chi connectivity index (χ1n) is 10.4. The lowest BCUT2D eigenvalue weighted by Crippen LogP contribution is -2.35. The van der Waals surface area contributed by atoms with Crippen molar-refractivity contribution < 1.29 is 13.2 Å². The van der Waals surface area contributed by atoms with E-state index in [-0.39, 0.29) is 22.3 Å². The molecule has 0 spiro atoms. The van der Waals surface area contributed by atoms with E-state index in [2.05, 4.69) is 15.0 Å². The van der Waals surface area contributed by atoms with Crippen molar-refractivity contribution in [1.29, 1.82) is 0 Å². The summed E-state index contributed by atoms with van der Waals surface area (Å²) in [6.07, 6.45) is 4.68. The first-order valence-corrected chi connectivity index (χ1v) is 11.9. The van der Waals surface area contributed by atoms with Crippen LogP contribution in [0.4, 0.5) is 5.69 Å². The number of carbonyl (C=O) groups excluding carboxylic acids is 1. The van der Waals surface area contributed by atoms with Gasteiger partial charge >= 0.3 is 0 Å². The van der Waals surface area contributed by atoms with Crippen LogP contribution in [-0.2, 0) is 14.8 Å². The Morgan fingerprint density at radius 1 is 1.10 bits per heavy atom. The maximum Gasteiger partial charge on any atom is 0.286 e. The highest BCUT2D eigenvalue weighted by atomic mass is 32.2. The van der Waals surface area contributed by atoms with Gasteiger partial charge in [0, 0.05) is 12.8 Å². The number of amides is 1. The molecule has 7 heteroatoms. The highest BCUT2D eigenvalue weighted by molar-refractivity contribution is 7.90. The predicted octanol–water partition coefficient (Wildman–Crippen LogP) is 4.42. The van der Waals surface area contributed by atoms with Crippen LogP contribution in [0.3, 0.4) is 0 Å². The highest BCUT2D eigenvalue weighted by Crippen LogP contribution is 2.45. The van der Waals surface area contributed by atoms with E-state index >= 15 is 0 Å². The van der Waals surface area contributed by atoms with Crippen LogP contribution in [0.25, 0.3) is 0 Å². The minimum absolute atomic E-state index is 0.00656. The molecule has 1 aliphatic carbocycles. The topological polar surface area (TPSA) is 87.6 Å². The number of benzene rings is 2. The summed E-state index contributed by atoms with van der Waals surface area (Å²) in [5, 5.41) is 6.28. The molecule has 1 saturated carbocycles. The average Bonchev–Trinajstić information content (AvgIpc) is 3.15. The summed E-state index contributed by atoms with van der Waals surface area (Å²) >= 11 is 0. The van der Waals surface area contributed by atoms with E-state index in [1.807, 2.05) is 37.3 Å². The molecule has 1 aliphatic heterocycles. The summed E-state index contributed by atoms with van der Waals surface area (Å²) in [6, 6.07) is 16.6. The van der Waals surface area contributed by atoms with E-state index in [4.69, 9.17) is 0 Å². The van der Waals surface area contributed by atoms with Gasteiger partial charge in [-0.3, -0.25) is 4.79 Å². The molecule has 1 fully saturated rings. The molecule has 0 radical (unpaired) electrons. The Labute approximate surface area is 177 Å². The second-order valence-corrected chi connectivity index (χ2v) is 9.97. The number of nitrogens with one attached hydrogen (secondary N) is 2. The lowest BCUT2D eigenvalue weighted by Gasteiger charge is -2.31. The van der Waals surface area contributed by atoms with Crippen LogP contribution in [-0.4, -0.2) is 20.2 Å². The third kappa shape index (κ3) is 4.41. The van der Waals surface area contributed by atoms with Gasteiger partial charge in [-0.25, -0.2) is 0 Å². The number of nitrogens with zero attached hydrogens (tertiary/aromatic N) is 1. The van der Waals surface area contributed by atoms with Crippen molar-refractivity contribution in [2.75, 3.05) is 5.32 Å². The fraction of sp³-hybridized carbons (Fsp3) is 0.391. The number of anilines is 1. The Balaban J connectivity index is 1.49. The Hall–Kier alpha value is -2.67. The molecule has 0 saturated heterocycles. The molecule has 2 N–H and O–H groups in total. The molecule has 1 heterocycles. The quantitative estimate of drug-likeness (QED) is 0.717. The monoisotopic (exact) mass is 425 g/mol. The standard InChI is InChI=1S/C23H27N3O3S/c1-17(18-9-3-2-4-10-18)24-22(27)16-23(13-7-8-14-23)15-21-25-19-11-5-6-12-20(19)30(28,29)26-21/h2-6,9-12,17H,7-8,13-16H2,1H3,(H,24,27)(H,25,26)/t17-/m0/s1. The molecule has 158 valence electrons. The van der Waals surface area contributed by atoms with E-state index < -0.39 is 10.0 Å². The van der Waals surface area contributed by atoms with E-state index in [1.165, 1.54) is 0 Å². The third-order valence-corrected chi connectivity index (χ3v) is 7.47. The van der Waals surface area contributed by atoms with Crippen LogP contribution in [0, 0.1) is 5.41 Å². The fourth-order valence-electron chi connectivity index (χ4n) is 4.60. The summed E-state index contributed by atoms with van der Waals surface area (Å²) < 4.78 is 29.2. The molecule has 0 bridgehead atoms. The number of carbonyl (C=O) groups is 1. The molecule has 0 aromatic heterocycles. The van der Waals surface area contributed by atoms with E-state index in [9.17, 15) is 13.2 Å². The van der Waals surface area contributed by atoms with Crippen LogP contribution >= 0.6 is 0 Å². The third-order valence-electron chi connectivity index (χ3n) is 6.09. The number of hydrogen-bond donors (Lipinski definition) is 2. The van der Waals surface area contributed by atoms with Crippen molar-refractivity contribution in [2.24, 2.45) is 9.81 Å². The molecule has 30 heavy (non-hydrogen) atoms. The zero-order chi connectivity index (χ0) is 21.2. The van der Waals surface area contributed by atoms with Crippen molar-refractivity contribution in [3.05, 3.63) is 60.2 Å². The fourth-order valence-corrected chi connectivity index (χ4v) is 5.74. The number of sulfonamides is 1. The molecule has 4 rings (SSSR count). The molecular formula is C23H27N3O3S. The van der Waals surface area contributed by atoms with Crippen molar-refractivity contribution in [3.8, 4) is 0 Å². The number of rotatable bonds is 6. The van der Waals surface area contributed by atoms with Gasteiger partial charge in [-0.15, -0.1) is 4.40 Å². The zero-order valence-electron chi connectivity index (χ0n) is 17.1. The van der Waals surface area contributed by atoms with Gasteiger partial charge in [0.15, 0.2) is 0 Å². The minimum atomic E-state index is -3.72. The van der Waals surface area contributed by atoms with Crippen LogP contribution < -0.4 is 10.6 Å². The van der Waals surface area contributed by atoms with Crippen LogP contribution in [0.15, 0.2) is 63.9 Å². The maximum absolute atomic E-state index is 12.9. The Morgan fingerprint density at radius 3 is 2.50 bits per heavy atom. The van der Waals surface area contributed by atoms with Crippen molar-refractivity contribution in [2.45, 2.75) is 56.4 Å². The first kappa shape index (κ1) is 20.6. The number of hydrogen-bond acceptors (Lipinski definition) is 4. The summed E-state index contributed by atoms with van der Waals surface area (Å²) in [7, 11) is -3.72. The largest absolute Gasteiger partial charge is 0.350 e. The molecule has 2 aromatic carbocycles. The van der Waals surface area contributed by atoms with E-state index in [1.54, 1.807) is 24.3 Å². The minimum Gasteiger partial charge on any atom is -0.350 e. The Bertz CT molecular complexity index is 1060. The Morgan fingerprint density at radius 2 is 1.77 bits per heavy atom. The Kier molecular flexibility index (Phi) is 5.64. The summed E-state index contributed by atoms with van der Waals surface area (Å²) in [4.78, 5) is 13.1. The smallest absolute Gasteiger partial charge is 0.286 e. The molecule has 6 nitrogen and oxygen atoms in total. The van der Waals surface area contributed by atoms with Crippen LogP contribution in [0.2, 0.25) is 0 Å². The normalized spacial score (nSPS) is 19.8. The van der Waals surface area contributed by atoms with E-state index in [0.29, 0.717) is 24.4 Å². The summed E-state index contributed by atoms with van der Waals surface area (Å²) in [5.74, 6) is 0.424. The molecule has 1 amide bonds. The van der Waals surface area contributed by atoms with Gasteiger partial charge in [0.05, 0.1) is 11.7 Å². The molecule has 2 aliphatic rings. The SMILES string of the molecule is C[C@H](NC(=O)CC1(CC2=NS(=O)(=O)c3ccccc3N2)CCCC1)c1ccccc1. The van der Waals surface area contributed by atoms with Crippen molar-refractivity contribution in [1.82, 2.24) is 5.32 Å². The number of fused-ring (bicyclic) bond motifs is 1. The zero-order valence-corrected chi connectivity index (χ0v) is 17.9. The molecule has 1 atom stereocenters. The van der Waals surface area contributed by atoms with Crippen LogP contribution in [0.1, 0.15) is 57.1 Å². The van der Waals surface area contributed by atoms with Crippen molar-refractivity contribution >= 4 is 27.5 Å². The predicted molar refractivity (Wildman–Crippen MR) is 118 cm³/mol. The highest BCUT2D eigenvalue weighted by Gasteiger charge is 2.39.